The molecule has 2 aromatic carbocycles. The lowest BCUT2D eigenvalue weighted by molar-refractivity contribution is 1.06. The van der Waals surface area contributed by atoms with E-state index in [9.17, 15) is 0 Å². The number of fused-ring (bicyclic) bond motifs is 2. The van der Waals surface area contributed by atoms with E-state index in [1.807, 2.05) is 0 Å². The Morgan fingerprint density at radius 3 is 2.38 bits per heavy atom. The number of benzene rings is 2. The van der Waals surface area contributed by atoms with Crippen LogP contribution in [0.5, 0.6) is 0 Å². The summed E-state index contributed by atoms with van der Waals surface area (Å²) in [7, 11) is 0. The molecule has 1 nitrogen and oxygen atoms in total. The van der Waals surface area contributed by atoms with Crippen molar-refractivity contribution in [2.45, 2.75) is 13.3 Å². The predicted molar refractivity (Wildman–Crippen MR) is 68.6 cm³/mol. The molecule has 0 spiro atoms. The molecule has 0 saturated carbocycles. The Hall–Kier alpha value is -1.89. The Bertz CT molecular complexity index is 656. The van der Waals surface area contributed by atoms with Crippen molar-refractivity contribution in [3.8, 4) is 0 Å². The fraction of sp³-hybridized carbons (Fsp3) is 0.133. The van der Waals surface area contributed by atoms with E-state index in [1.54, 1.807) is 0 Å². The summed E-state index contributed by atoms with van der Waals surface area (Å²) in [5, 5.41) is 3.76. The standard InChI is InChI=1S/C15H13N/c1-2-14-8-7-13-9-11-5-3-4-6-12(11)10-15(13)16-14/h3-10H,2H2,1H3. The molecule has 0 unspecified atom stereocenters. The Kier molecular flexibility index (Phi) is 2.10. The van der Waals surface area contributed by atoms with E-state index in [2.05, 4.69) is 60.4 Å². The number of hydrogen-bond donors (Lipinski definition) is 0. The lowest BCUT2D eigenvalue weighted by Gasteiger charge is -2.03. The molecule has 1 heteroatoms. The fourth-order valence-electron chi connectivity index (χ4n) is 2.05. The van der Waals surface area contributed by atoms with E-state index in [-0.39, 0.29) is 0 Å². The topological polar surface area (TPSA) is 12.9 Å². The van der Waals surface area contributed by atoms with Gasteiger partial charge in [0.1, 0.15) is 0 Å². The maximum atomic E-state index is 4.64. The summed E-state index contributed by atoms with van der Waals surface area (Å²) in [5.41, 5.74) is 2.25. The summed E-state index contributed by atoms with van der Waals surface area (Å²) in [6.45, 7) is 2.13. The van der Waals surface area contributed by atoms with Gasteiger partial charge in [-0.25, -0.2) is 0 Å². The highest BCUT2D eigenvalue weighted by atomic mass is 14.7. The van der Waals surface area contributed by atoms with Crippen molar-refractivity contribution >= 4 is 21.7 Å². The molecule has 3 rings (SSSR count). The van der Waals surface area contributed by atoms with Gasteiger partial charge in [-0.2, -0.15) is 0 Å². The van der Waals surface area contributed by atoms with Crippen molar-refractivity contribution in [2.24, 2.45) is 0 Å². The van der Waals surface area contributed by atoms with Crippen LogP contribution in [-0.4, -0.2) is 4.98 Å². The third-order valence-electron chi connectivity index (χ3n) is 2.98. The third kappa shape index (κ3) is 1.45. The first-order valence-electron chi connectivity index (χ1n) is 5.65. The smallest absolute Gasteiger partial charge is 0.0711 e. The molecule has 0 amide bonds. The molecule has 1 aromatic heterocycles. The zero-order valence-electron chi connectivity index (χ0n) is 9.27. The van der Waals surface area contributed by atoms with Crippen LogP contribution >= 0.6 is 0 Å². The molecule has 0 aliphatic heterocycles. The van der Waals surface area contributed by atoms with E-state index in [0.29, 0.717) is 0 Å². The van der Waals surface area contributed by atoms with Gasteiger partial charge in [0.15, 0.2) is 0 Å². The van der Waals surface area contributed by atoms with Crippen molar-refractivity contribution in [3.63, 3.8) is 0 Å². The quantitative estimate of drug-likeness (QED) is 0.550. The lowest BCUT2D eigenvalue weighted by atomic mass is 10.1. The lowest BCUT2D eigenvalue weighted by Crippen LogP contribution is -1.87. The zero-order chi connectivity index (χ0) is 11.0. The van der Waals surface area contributed by atoms with E-state index < -0.39 is 0 Å². The molecule has 1 heterocycles. The first-order valence-corrected chi connectivity index (χ1v) is 5.65. The number of rotatable bonds is 1. The Labute approximate surface area is 94.7 Å². The van der Waals surface area contributed by atoms with E-state index in [0.717, 1.165) is 17.6 Å². The number of pyridine rings is 1. The molecule has 3 aromatic rings. The molecule has 0 saturated heterocycles. The molecule has 0 bridgehead atoms. The van der Waals surface area contributed by atoms with Crippen LogP contribution in [0.4, 0.5) is 0 Å². The van der Waals surface area contributed by atoms with E-state index in [4.69, 9.17) is 0 Å². The fourth-order valence-corrected chi connectivity index (χ4v) is 2.05. The average Bonchev–Trinajstić information content (AvgIpc) is 2.35. The van der Waals surface area contributed by atoms with Gasteiger partial charge in [0, 0.05) is 11.1 Å². The van der Waals surface area contributed by atoms with Crippen molar-refractivity contribution in [1.82, 2.24) is 4.98 Å². The van der Waals surface area contributed by atoms with Crippen LogP contribution in [0.25, 0.3) is 21.7 Å². The minimum absolute atomic E-state index is 0.989. The second kappa shape index (κ2) is 3.60. The van der Waals surface area contributed by atoms with Gasteiger partial charge in [0.05, 0.1) is 5.52 Å². The van der Waals surface area contributed by atoms with Crippen LogP contribution in [0.15, 0.2) is 48.5 Å². The Morgan fingerprint density at radius 1 is 0.875 bits per heavy atom. The van der Waals surface area contributed by atoms with Crippen LogP contribution in [0.2, 0.25) is 0 Å². The predicted octanol–water partition coefficient (Wildman–Crippen LogP) is 3.95. The second-order valence-corrected chi connectivity index (χ2v) is 4.05. The van der Waals surface area contributed by atoms with Crippen molar-refractivity contribution in [3.05, 3.63) is 54.2 Å². The third-order valence-corrected chi connectivity index (χ3v) is 2.98. The minimum Gasteiger partial charge on any atom is -0.253 e. The van der Waals surface area contributed by atoms with Gasteiger partial charge in [0.2, 0.25) is 0 Å². The molecule has 78 valence electrons. The zero-order valence-corrected chi connectivity index (χ0v) is 9.27. The van der Waals surface area contributed by atoms with Crippen LogP contribution < -0.4 is 0 Å². The van der Waals surface area contributed by atoms with Gasteiger partial charge in [-0.1, -0.05) is 37.3 Å². The highest BCUT2D eigenvalue weighted by Gasteiger charge is 1.99. The highest BCUT2D eigenvalue weighted by Crippen LogP contribution is 2.21. The van der Waals surface area contributed by atoms with Gasteiger partial charge in [-0.05, 0) is 35.4 Å². The number of hydrogen-bond acceptors (Lipinski definition) is 1. The number of aryl methyl sites for hydroxylation is 1. The molecule has 0 N–H and O–H groups in total. The molecule has 0 atom stereocenters. The summed E-state index contributed by atoms with van der Waals surface area (Å²) in [6.07, 6.45) is 0.989. The first kappa shape index (κ1) is 9.34. The van der Waals surface area contributed by atoms with E-state index >= 15 is 0 Å². The van der Waals surface area contributed by atoms with Crippen LogP contribution in [0, 0.1) is 0 Å². The molecule has 0 aliphatic rings. The summed E-state index contributed by atoms with van der Waals surface area (Å²) < 4.78 is 0. The van der Waals surface area contributed by atoms with Crippen LogP contribution in [0.3, 0.4) is 0 Å². The van der Waals surface area contributed by atoms with Gasteiger partial charge in [0.25, 0.3) is 0 Å². The number of aromatic nitrogens is 1. The molecule has 0 radical (unpaired) electrons. The SMILES string of the molecule is CCc1ccc2cc3ccccc3cc2n1. The second-order valence-electron chi connectivity index (χ2n) is 4.05. The summed E-state index contributed by atoms with van der Waals surface area (Å²) in [6, 6.07) is 17.1. The maximum absolute atomic E-state index is 4.64. The maximum Gasteiger partial charge on any atom is 0.0711 e. The summed E-state index contributed by atoms with van der Waals surface area (Å²) in [4.78, 5) is 4.64. The van der Waals surface area contributed by atoms with E-state index in [1.165, 1.54) is 16.2 Å². The molecule has 16 heavy (non-hydrogen) atoms. The molecular formula is C15H13N. The molecule has 0 aliphatic carbocycles. The summed E-state index contributed by atoms with van der Waals surface area (Å²) in [5.74, 6) is 0. The van der Waals surface area contributed by atoms with Gasteiger partial charge in [-0.15, -0.1) is 0 Å². The number of nitrogens with zero attached hydrogens (tertiary/aromatic N) is 1. The molecular weight excluding hydrogens is 194 g/mol. The molecule has 0 fully saturated rings. The average molecular weight is 207 g/mol. The monoisotopic (exact) mass is 207 g/mol. The highest BCUT2D eigenvalue weighted by molar-refractivity contribution is 5.96. The minimum atomic E-state index is 0.989. The van der Waals surface area contributed by atoms with Crippen LogP contribution in [-0.2, 0) is 6.42 Å². The summed E-state index contributed by atoms with van der Waals surface area (Å²) >= 11 is 0. The van der Waals surface area contributed by atoms with Crippen LogP contribution in [0.1, 0.15) is 12.6 Å². The normalized spacial score (nSPS) is 11.1. The van der Waals surface area contributed by atoms with Crippen molar-refractivity contribution in [1.29, 1.82) is 0 Å². The van der Waals surface area contributed by atoms with Gasteiger partial charge < -0.3 is 0 Å². The Balaban J connectivity index is 2.37. The van der Waals surface area contributed by atoms with Crippen molar-refractivity contribution in [2.75, 3.05) is 0 Å². The Morgan fingerprint density at radius 2 is 1.62 bits per heavy atom. The largest absolute Gasteiger partial charge is 0.253 e. The van der Waals surface area contributed by atoms with Gasteiger partial charge in [-0.3, -0.25) is 4.98 Å². The first-order chi connectivity index (χ1) is 7.86. The van der Waals surface area contributed by atoms with Crippen molar-refractivity contribution < 1.29 is 0 Å². The van der Waals surface area contributed by atoms with Gasteiger partial charge >= 0.3 is 0 Å².